The monoisotopic (exact) mass is 424 g/mol. The van der Waals surface area contributed by atoms with Crippen LogP contribution in [0.5, 0.6) is 0 Å². The van der Waals surface area contributed by atoms with Gasteiger partial charge in [0.1, 0.15) is 5.76 Å². The summed E-state index contributed by atoms with van der Waals surface area (Å²) >= 11 is 6.07. The molecule has 0 aliphatic carbocycles. The summed E-state index contributed by atoms with van der Waals surface area (Å²) in [5.41, 5.74) is 1.17. The topological polar surface area (TPSA) is 62.6 Å². The molecule has 1 N–H and O–H groups in total. The minimum absolute atomic E-state index is 0.189. The fourth-order valence-electron chi connectivity index (χ4n) is 3.92. The van der Waals surface area contributed by atoms with Crippen LogP contribution >= 0.6 is 11.6 Å². The normalized spacial score (nSPS) is 14.7. The van der Waals surface area contributed by atoms with E-state index in [4.69, 9.17) is 16.0 Å². The lowest BCUT2D eigenvalue weighted by Crippen LogP contribution is -2.33. The van der Waals surface area contributed by atoms with E-state index in [0.717, 1.165) is 26.1 Å². The molecule has 0 radical (unpaired) electrons. The van der Waals surface area contributed by atoms with Crippen LogP contribution < -0.4 is 10.7 Å². The molecule has 1 saturated heterocycles. The third kappa shape index (κ3) is 4.74. The Morgan fingerprint density at radius 3 is 2.67 bits per heavy atom. The second-order valence-electron chi connectivity index (χ2n) is 7.68. The van der Waals surface area contributed by atoms with Crippen LogP contribution in [-0.4, -0.2) is 37.0 Å². The van der Waals surface area contributed by atoms with Gasteiger partial charge in [-0.2, -0.15) is 0 Å². The maximum absolute atomic E-state index is 12.8. The number of rotatable bonds is 6. The van der Waals surface area contributed by atoms with Crippen molar-refractivity contribution in [2.75, 3.05) is 26.2 Å². The van der Waals surface area contributed by atoms with E-state index in [1.54, 1.807) is 36.4 Å². The second kappa shape index (κ2) is 9.45. The van der Waals surface area contributed by atoms with Gasteiger partial charge in [0, 0.05) is 23.2 Å². The molecule has 0 saturated carbocycles. The number of carbonyl (C=O) groups is 1. The van der Waals surface area contributed by atoms with Crippen LogP contribution in [0.4, 0.5) is 0 Å². The molecule has 5 nitrogen and oxygen atoms in total. The Labute approximate surface area is 180 Å². The van der Waals surface area contributed by atoms with Gasteiger partial charge in [0.2, 0.25) is 0 Å². The molecule has 2 aromatic carbocycles. The summed E-state index contributed by atoms with van der Waals surface area (Å²) in [4.78, 5) is 27.9. The minimum atomic E-state index is -0.231. The lowest BCUT2D eigenvalue weighted by molar-refractivity contribution is 0.0951. The molecule has 6 heteroatoms. The largest absolute Gasteiger partial charge is 0.455 e. The summed E-state index contributed by atoms with van der Waals surface area (Å²) in [6.45, 7) is 3.87. The van der Waals surface area contributed by atoms with Gasteiger partial charge in [-0.3, -0.25) is 9.59 Å². The standard InChI is InChI=1S/C24H25ClN2O3/c25-18-8-4-7-17(15-18)22-16-21(28)19-9-5-10-20(23(19)30-22)24(29)26-11-6-14-27-12-2-1-3-13-27/h4-5,7-10,15-16H,1-3,6,11-14H2,(H,26,29). The number of benzene rings is 2. The first-order chi connectivity index (χ1) is 14.6. The average molecular weight is 425 g/mol. The van der Waals surface area contributed by atoms with Crippen molar-refractivity contribution in [1.29, 1.82) is 0 Å². The Hall–Kier alpha value is -2.63. The minimum Gasteiger partial charge on any atom is -0.455 e. The number of likely N-dealkylation sites (tertiary alicyclic amines) is 1. The Bertz CT molecular complexity index is 1100. The molecule has 1 aromatic heterocycles. The Kier molecular flexibility index (Phi) is 6.50. The molecule has 0 atom stereocenters. The smallest absolute Gasteiger partial charge is 0.255 e. The van der Waals surface area contributed by atoms with E-state index < -0.39 is 0 Å². The van der Waals surface area contributed by atoms with Crippen LogP contribution in [0.1, 0.15) is 36.0 Å². The summed E-state index contributed by atoms with van der Waals surface area (Å²) in [7, 11) is 0. The predicted molar refractivity (Wildman–Crippen MR) is 120 cm³/mol. The van der Waals surface area contributed by atoms with Crippen molar-refractivity contribution in [3.63, 3.8) is 0 Å². The van der Waals surface area contributed by atoms with Crippen molar-refractivity contribution in [3.05, 3.63) is 69.3 Å². The van der Waals surface area contributed by atoms with Crippen molar-refractivity contribution in [3.8, 4) is 11.3 Å². The highest BCUT2D eigenvalue weighted by Gasteiger charge is 2.16. The number of halogens is 1. The molecule has 1 aliphatic rings. The first kappa shape index (κ1) is 20.6. The lowest BCUT2D eigenvalue weighted by Gasteiger charge is -2.26. The number of hydrogen-bond acceptors (Lipinski definition) is 4. The number of nitrogens with zero attached hydrogens (tertiary/aromatic N) is 1. The first-order valence-electron chi connectivity index (χ1n) is 10.5. The van der Waals surface area contributed by atoms with E-state index in [2.05, 4.69) is 10.2 Å². The fraction of sp³-hybridized carbons (Fsp3) is 0.333. The SMILES string of the molecule is O=C(NCCCN1CCCCC1)c1cccc2c(=O)cc(-c3cccc(Cl)c3)oc12. The van der Waals surface area contributed by atoms with Gasteiger partial charge < -0.3 is 14.6 Å². The molecule has 3 aromatic rings. The molecule has 0 bridgehead atoms. The molecular weight excluding hydrogens is 400 g/mol. The molecule has 1 fully saturated rings. The van der Waals surface area contributed by atoms with E-state index in [0.29, 0.717) is 39.4 Å². The lowest BCUT2D eigenvalue weighted by atomic mass is 10.1. The Morgan fingerprint density at radius 2 is 1.87 bits per heavy atom. The van der Waals surface area contributed by atoms with E-state index in [-0.39, 0.29) is 11.3 Å². The van der Waals surface area contributed by atoms with Gasteiger partial charge in [0.05, 0.1) is 10.9 Å². The molecule has 156 valence electrons. The zero-order valence-electron chi connectivity index (χ0n) is 16.8. The van der Waals surface area contributed by atoms with Crippen LogP contribution in [-0.2, 0) is 0 Å². The van der Waals surface area contributed by atoms with Gasteiger partial charge in [0.25, 0.3) is 5.91 Å². The Balaban J connectivity index is 1.53. The van der Waals surface area contributed by atoms with E-state index in [9.17, 15) is 9.59 Å². The number of piperidine rings is 1. The molecule has 1 aliphatic heterocycles. The number of para-hydroxylation sites is 1. The highest BCUT2D eigenvalue weighted by molar-refractivity contribution is 6.30. The van der Waals surface area contributed by atoms with Gasteiger partial charge in [-0.05, 0) is 63.2 Å². The molecule has 0 unspecified atom stereocenters. The summed E-state index contributed by atoms with van der Waals surface area (Å²) in [5.74, 6) is 0.158. The maximum Gasteiger partial charge on any atom is 0.255 e. The van der Waals surface area contributed by atoms with Crippen LogP contribution in [0.15, 0.2) is 57.7 Å². The number of amides is 1. The van der Waals surface area contributed by atoms with Crippen molar-refractivity contribution in [2.24, 2.45) is 0 Å². The quantitative estimate of drug-likeness (QED) is 0.581. The summed E-state index contributed by atoms with van der Waals surface area (Å²) in [6, 6.07) is 13.6. The van der Waals surface area contributed by atoms with Gasteiger partial charge in [-0.15, -0.1) is 0 Å². The Morgan fingerprint density at radius 1 is 1.07 bits per heavy atom. The zero-order valence-corrected chi connectivity index (χ0v) is 17.6. The van der Waals surface area contributed by atoms with Gasteiger partial charge in [-0.1, -0.05) is 36.2 Å². The van der Waals surface area contributed by atoms with Crippen molar-refractivity contribution >= 4 is 28.5 Å². The predicted octanol–water partition coefficient (Wildman–Crippen LogP) is 4.72. The van der Waals surface area contributed by atoms with Crippen molar-refractivity contribution in [2.45, 2.75) is 25.7 Å². The molecule has 1 amide bonds. The number of fused-ring (bicyclic) bond motifs is 1. The van der Waals surface area contributed by atoms with Gasteiger partial charge in [-0.25, -0.2) is 0 Å². The first-order valence-corrected chi connectivity index (χ1v) is 10.8. The molecule has 2 heterocycles. The summed E-state index contributed by atoms with van der Waals surface area (Å²) in [5, 5.41) is 3.91. The number of hydrogen-bond donors (Lipinski definition) is 1. The van der Waals surface area contributed by atoms with Crippen LogP contribution in [0.3, 0.4) is 0 Å². The molecule has 4 rings (SSSR count). The van der Waals surface area contributed by atoms with Gasteiger partial charge in [0.15, 0.2) is 11.0 Å². The average Bonchev–Trinajstić information content (AvgIpc) is 2.77. The van der Waals surface area contributed by atoms with E-state index in [1.807, 2.05) is 6.07 Å². The summed E-state index contributed by atoms with van der Waals surface area (Å²) in [6.07, 6.45) is 4.73. The molecule has 0 spiro atoms. The summed E-state index contributed by atoms with van der Waals surface area (Å²) < 4.78 is 6.01. The third-order valence-electron chi connectivity index (χ3n) is 5.49. The highest BCUT2D eigenvalue weighted by Crippen LogP contribution is 2.26. The van der Waals surface area contributed by atoms with Crippen LogP contribution in [0.2, 0.25) is 5.02 Å². The second-order valence-corrected chi connectivity index (χ2v) is 8.12. The van der Waals surface area contributed by atoms with E-state index >= 15 is 0 Å². The van der Waals surface area contributed by atoms with Crippen molar-refractivity contribution in [1.82, 2.24) is 10.2 Å². The van der Waals surface area contributed by atoms with Crippen LogP contribution in [0.25, 0.3) is 22.3 Å². The van der Waals surface area contributed by atoms with E-state index in [1.165, 1.54) is 25.3 Å². The van der Waals surface area contributed by atoms with Gasteiger partial charge >= 0.3 is 0 Å². The molecule has 30 heavy (non-hydrogen) atoms. The van der Waals surface area contributed by atoms with Crippen molar-refractivity contribution < 1.29 is 9.21 Å². The third-order valence-corrected chi connectivity index (χ3v) is 5.73. The molecular formula is C24H25ClN2O3. The maximum atomic E-state index is 12.8. The zero-order chi connectivity index (χ0) is 20.9. The number of nitrogens with one attached hydrogen (secondary N) is 1. The fourth-order valence-corrected chi connectivity index (χ4v) is 4.11. The number of carbonyl (C=O) groups excluding carboxylic acids is 1. The van der Waals surface area contributed by atoms with Crippen LogP contribution in [0, 0.1) is 0 Å². The highest BCUT2D eigenvalue weighted by atomic mass is 35.5.